The van der Waals surface area contributed by atoms with Crippen LogP contribution in [0.25, 0.3) is 11.1 Å². The van der Waals surface area contributed by atoms with Crippen molar-refractivity contribution < 1.29 is 27.9 Å². The van der Waals surface area contributed by atoms with Crippen LogP contribution < -0.4 is 5.32 Å². The zero-order valence-electron chi connectivity index (χ0n) is 23.0. The summed E-state index contributed by atoms with van der Waals surface area (Å²) >= 11 is 6.23. The van der Waals surface area contributed by atoms with Gasteiger partial charge in [0.25, 0.3) is 5.91 Å². The number of nitrogens with one attached hydrogen (secondary N) is 1. The van der Waals surface area contributed by atoms with Gasteiger partial charge in [0.05, 0.1) is 18.5 Å². The molecule has 3 rings (SSSR count). The lowest BCUT2D eigenvalue weighted by atomic mass is 9.93. The van der Waals surface area contributed by atoms with Crippen LogP contribution in [0.2, 0.25) is 5.02 Å². The number of ether oxygens (including phenoxy) is 1. The summed E-state index contributed by atoms with van der Waals surface area (Å²) in [6, 6.07) is 19.3. The maximum Gasteiger partial charge on any atom is 0.326 e. The van der Waals surface area contributed by atoms with Crippen LogP contribution in [-0.2, 0) is 26.0 Å². The first-order valence-corrected chi connectivity index (χ1v) is 15.7. The summed E-state index contributed by atoms with van der Waals surface area (Å²) in [6.07, 6.45) is 3.53. The molecule has 0 saturated heterocycles. The van der Waals surface area contributed by atoms with Crippen LogP contribution >= 0.6 is 11.6 Å². The predicted octanol–water partition coefficient (Wildman–Crippen LogP) is 6.38. The SMILES string of the molecule is CCCCC(OCc1ccc(C(=O)NC(CCS(C)(=O)=O)C(=O)O)c(-c2ccccc2C)c1)c1cccc(Cl)c1. The third kappa shape index (κ3) is 9.18. The van der Waals surface area contributed by atoms with Gasteiger partial charge < -0.3 is 15.2 Å². The lowest BCUT2D eigenvalue weighted by Crippen LogP contribution is -2.42. The number of hydrogen-bond acceptors (Lipinski definition) is 5. The molecule has 0 spiro atoms. The van der Waals surface area contributed by atoms with Crippen molar-refractivity contribution in [2.45, 2.75) is 58.3 Å². The number of unbranched alkanes of at least 4 members (excludes halogenated alkanes) is 1. The van der Waals surface area contributed by atoms with Gasteiger partial charge in [-0.25, -0.2) is 13.2 Å². The number of benzene rings is 3. The Morgan fingerprint density at radius 1 is 1.00 bits per heavy atom. The van der Waals surface area contributed by atoms with Gasteiger partial charge in [-0.15, -0.1) is 0 Å². The van der Waals surface area contributed by atoms with E-state index in [1.54, 1.807) is 12.1 Å². The first-order chi connectivity index (χ1) is 19.0. The monoisotopic (exact) mass is 585 g/mol. The second kappa shape index (κ2) is 14.4. The van der Waals surface area contributed by atoms with E-state index in [1.807, 2.05) is 61.5 Å². The Bertz CT molecular complexity index is 1440. The predicted molar refractivity (Wildman–Crippen MR) is 158 cm³/mol. The fourth-order valence-corrected chi connectivity index (χ4v) is 5.30. The highest BCUT2D eigenvalue weighted by atomic mass is 35.5. The number of carbonyl (C=O) groups is 2. The normalized spacial score (nSPS) is 13.0. The van der Waals surface area contributed by atoms with Crippen molar-refractivity contribution in [1.82, 2.24) is 5.32 Å². The maximum atomic E-state index is 13.3. The Morgan fingerprint density at radius 3 is 2.40 bits per heavy atom. The van der Waals surface area contributed by atoms with Crippen LogP contribution in [0.4, 0.5) is 0 Å². The van der Waals surface area contributed by atoms with Crippen LogP contribution in [0.5, 0.6) is 0 Å². The third-order valence-corrected chi connectivity index (χ3v) is 7.85. The van der Waals surface area contributed by atoms with E-state index in [0.29, 0.717) is 22.8 Å². The number of aryl methyl sites for hydroxylation is 1. The van der Waals surface area contributed by atoms with Crippen LogP contribution in [0.1, 0.15) is 65.8 Å². The van der Waals surface area contributed by atoms with Crippen molar-refractivity contribution in [2.75, 3.05) is 12.0 Å². The molecular formula is C31H36ClNO6S. The number of hydrogen-bond donors (Lipinski definition) is 2. The summed E-state index contributed by atoms with van der Waals surface area (Å²) in [5, 5.41) is 12.8. The Morgan fingerprint density at radius 2 is 1.75 bits per heavy atom. The molecule has 0 aliphatic rings. The number of rotatable bonds is 14. The molecule has 0 aromatic heterocycles. The second-order valence-corrected chi connectivity index (χ2v) is 12.7. The van der Waals surface area contributed by atoms with Crippen LogP contribution in [0, 0.1) is 6.92 Å². The lowest BCUT2D eigenvalue weighted by molar-refractivity contribution is -0.139. The van der Waals surface area contributed by atoms with E-state index >= 15 is 0 Å². The zero-order valence-corrected chi connectivity index (χ0v) is 24.6. The molecule has 3 aromatic carbocycles. The highest BCUT2D eigenvalue weighted by Crippen LogP contribution is 2.31. The fourth-order valence-electron chi connectivity index (χ4n) is 4.44. The minimum absolute atomic E-state index is 0.144. The third-order valence-electron chi connectivity index (χ3n) is 6.64. The molecule has 0 saturated carbocycles. The molecule has 3 aromatic rings. The van der Waals surface area contributed by atoms with Crippen molar-refractivity contribution in [3.63, 3.8) is 0 Å². The molecule has 0 fully saturated rings. The quantitative estimate of drug-likeness (QED) is 0.227. The van der Waals surface area contributed by atoms with E-state index in [-0.39, 0.29) is 18.3 Å². The topological polar surface area (TPSA) is 110 Å². The number of carboxylic acids is 1. The molecule has 214 valence electrons. The van der Waals surface area contributed by atoms with Crippen molar-refractivity contribution in [2.24, 2.45) is 0 Å². The number of carbonyl (C=O) groups excluding carboxylic acids is 1. The highest BCUT2D eigenvalue weighted by molar-refractivity contribution is 7.90. The molecule has 0 bridgehead atoms. The van der Waals surface area contributed by atoms with Crippen LogP contribution in [0.15, 0.2) is 66.7 Å². The van der Waals surface area contributed by atoms with Gasteiger partial charge in [0.1, 0.15) is 15.9 Å². The van der Waals surface area contributed by atoms with Gasteiger partial charge in [0.2, 0.25) is 0 Å². The molecule has 40 heavy (non-hydrogen) atoms. The molecule has 2 unspecified atom stereocenters. The Hall–Kier alpha value is -3.20. The van der Waals surface area contributed by atoms with E-state index in [2.05, 4.69) is 12.2 Å². The molecule has 7 nitrogen and oxygen atoms in total. The number of carboxylic acid groups (broad SMARTS) is 1. The molecule has 0 aliphatic carbocycles. The van der Waals surface area contributed by atoms with Crippen molar-refractivity contribution >= 4 is 33.3 Å². The summed E-state index contributed by atoms with van der Waals surface area (Å²) in [5.74, 6) is -2.23. The Kier molecular flexibility index (Phi) is 11.3. The minimum atomic E-state index is -3.39. The molecule has 0 heterocycles. The maximum absolute atomic E-state index is 13.3. The minimum Gasteiger partial charge on any atom is -0.480 e. The standard InChI is InChI=1S/C31H36ClNO6S/c1-4-5-13-29(23-10-8-11-24(32)19-23)39-20-22-14-15-26(27(18-22)25-12-7-6-9-21(25)2)30(34)33-28(31(35)36)16-17-40(3,37)38/h6-12,14-15,18-19,28-29H,4-5,13,16-17,20H2,1-3H3,(H,33,34)(H,35,36). The highest BCUT2D eigenvalue weighted by Gasteiger charge is 2.24. The van der Waals surface area contributed by atoms with Gasteiger partial charge in [-0.2, -0.15) is 0 Å². The second-order valence-electron chi connectivity index (χ2n) is 9.97. The van der Waals surface area contributed by atoms with E-state index < -0.39 is 27.8 Å². The van der Waals surface area contributed by atoms with Crippen molar-refractivity contribution in [3.8, 4) is 11.1 Å². The van der Waals surface area contributed by atoms with Gasteiger partial charge in [0, 0.05) is 16.8 Å². The molecule has 0 radical (unpaired) electrons. The largest absolute Gasteiger partial charge is 0.480 e. The van der Waals surface area contributed by atoms with E-state index in [1.165, 1.54) is 0 Å². The average molecular weight is 586 g/mol. The molecule has 2 atom stereocenters. The lowest BCUT2D eigenvalue weighted by Gasteiger charge is -2.20. The number of aliphatic carboxylic acids is 1. The molecule has 2 N–H and O–H groups in total. The van der Waals surface area contributed by atoms with Gasteiger partial charge in [-0.05, 0) is 71.8 Å². The average Bonchev–Trinajstić information content (AvgIpc) is 2.90. The summed E-state index contributed by atoms with van der Waals surface area (Å²) in [6.45, 7) is 4.36. The first-order valence-electron chi connectivity index (χ1n) is 13.3. The van der Waals surface area contributed by atoms with Gasteiger partial charge in [0.15, 0.2) is 0 Å². The van der Waals surface area contributed by atoms with Crippen LogP contribution in [0.3, 0.4) is 0 Å². The van der Waals surface area contributed by atoms with Gasteiger partial charge >= 0.3 is 5.97 Å². The summed E-state index contributed by atoms with van der Waals surface area (Å²) in [7, 11) is -3.39. The number of halogens is 1. The molecule has 9 heteroatoms. The fraction of sp³-hybridized carbons (Fsp3) is 0.355. The van der Waals surface area contributed by atoms with E-state index in [9.17, 15) is 23.1 Å². The Labute approximate surface area is 241 Å². The first kappa shape index (κ1) is 31.3. The van der Waals surface area contributed by atoms with Crippen molar-refractivity contribution in [1.29, 1.82) is 0 Å². The smallest absolute Gasteiger partial charge is 0.326 e. The number of amides is 1. The molecule has 1 amide bonds. The number of sulfone groups is 1. The van der Waals surface area contributed by atoms with Gasteiger partial charge in [-0.3, -0.25) is 4.79 Å². The molecule has 0 aliphatic heterocycles. The van der Waals surface area contributed by atoms with Crippen LogP contribution in [-0.4, -0.2) is 43.5 Å². The summed E-state index contributed by atoms with van der Waals surface area (Å²) < 4.78 is 29.5. The molecular weight excluding hydrogens is 550 g/mol. The summed E-state index contributed by atoms with van der Waals surface area (Å²) in [5.41, 5.74) is 4.56. The van der Waals surface area contributed by atoms with Crippen molar-refractivity contribution in [3.05, 3.63) is 94.0 Å². The van der Waals surface area contributed by atoms with Gasteiger partial charge in [-0.1, -0.05) is 73.8 Å². The van der Waals surface area contributed by atoms with E-state index in [0.717, 1.165) is 47.8 Å². The van der Waals surface area contributed by atoms with E-state index in [4.69, 9.17) is 16.3 Å². The summed E-state index contributed by atoms with van der Waals surface area (Å²) in [4.78, 5) is 25.1. The Balaban J connectivity index is 1.91. The zero-order chi connectivity index (χ0) is 29.3.